The second-order valence-corrected chi connectivity index (χ2v) is 3.81. The average molecular weight is 232 g/mol. The zero-order chi connectivity index (χ0) is 10.9. The van der Waals surface area contributed by atoms with Crippen molar-refractivity contribution in [3.8, 4) is 0 Å². The molecule has 0 unspecified atom stereocenters. The molecule has 0 spiro atoms. The molecule has 0 radical (unpaired) electrons. The summed E-state index contributed by atoms with van der Waals surface area (Å²) in [5.74, 6) is 1.11. The predicted octanol–water partition coefficient (Wildman–Crippen LogP) is 2.84. The molecule has 1 aromatic rings. The third-order valence-corrected chi connectivity index (χ3v) is 2.27. The van der Waals surface area contributed by atoms with Crippen molar-refractivity contribution in [2.24, 2.45) is 0 Å². The Bertz CT molecular complexity index is 265. The normalized spacial score (nSPS) is 10.5. The van der Waals surface area contributed by atoms with Crippen LogP contribution in [0.2, 0.25) is 0 Å². The van der Waals surface area contributed by atoms with E-state index < -0.39 is 0 Å². The van der Waals surface area contributed by atoms with E-state index in [9.17, 15) is 0 Å². The molecule has 1 N–H and O–H groups in total. The molecule has 0 aromatic carbocycles. The maximum absolute atomic E-state index is 5.56. The molecule has 0 bridgehead atoms. The minimum atomic E-state index is 0.506. The van der Waals surface area contributed by atoms with E-state index in [1.807, 2.05) is 0 Å². The summed E-state index contributed by atoms with van der Waals surface area (Å²) in [6.07, 6.45) is 5.54. The van der Waals surface area contributed by atoms with Crippen LogP contribution in [0.4, 0.5) is 6.01 Å². The molecule has 0 fully saturated rings. The van der Waals surface area contributed by atoms with Gasteiger partial charge in [0.25, 0.3) is 0 Å². The Morgan fingerprint density at radius 1 is 1.27 bits per heavy atom. The molecule has 86 valence electrons. The van der Waals surface area contributed by atoms with Gasteiger partial charge in [-0.3, -0.25) is 0 Å². The average Bonchev–Trinajstić information content (AvgIpc) is 2.66. The molecule has 0 saturated carbocycles. The van der Waals surface area contributed by atoms with Crippen molar-refractivity contribution >= 4 is 17.6 Å². The van der Waals surface area contributed by atoms with Crippen LogP contribution in [0.25, 0.3) is 0 Å². The number of hydrogen-bond acceptors (Lipinski definition) is 4. The van der Waals surface area contributed by atoms with Crippen LogP contribution in [-0.2, 0) is 6.42 Å². The lowest BCUT2D eigenvalue weighted by Gasteiger charge is -1.99. The Kier molecular flexibility index (Phi) is 6.16. The number of anilines is 1. The van der Waals surface area contributed by atoms with Gasteiger partial charge in [-0.1, -0.05) is 31.3 Å². The molecule has 4 nitrogen and oxygen atoms in total. The first-order valence-electron chi connectivity index (χ1n) is 5.49. The van der Waals surface area contributed by atoms with Crippen LogP contribution in [0.1, 0.15) is 38.5 Å². The van der Waals surface area contributed by atoms with Crippen LogP contribution >= 0.6 is 11.6 Å². The van der Waals surface area contributed by atoms with Gasteiger partial charge in [0.2, 0.25) is 5.89 Å². The van der Waals surface area contributed by atoms with Gasteiger partial charge in [0, 0.05) is 18.8 Å². The number of alkyl halides is 1. The third-order valence-electron chi connectivity index (χ3n) is 2.08. The zero-order valence-corrected chi connectivity index (χ0v) is 9.89. The first-order chi connectivity index (χ1) is 7.36. The largest absolute Gasteiger partial charge is 0.408 e. The molecule has 0 atom stereocenters. The van der Waals surface area contributed by atoms with E-state index in [1.54, 1.807) is 0 Å². The van der Waals surface area contributed by atoms with E-state index in [4.69, 9.17) is 16.0 Å². The molecule has 1 rings (SSSR count). The molecule has 0 amide bonds. The van der Waals surface area contributed by atoms with Crippen LogP contribution in [0.5, 0.6) is 0 Å². The lowest BCUT2D eigenvalue weighted by molar-refractivity contribution is 0.511. The maximum Gasteiger partial charge on any atom is 0.315 e. The molecule has 0 aliphatic heterocycles. The monoisotopic (exact) mass is 231 g/mol. The topological polar surface area (TPSA) is 51.0 Å². The minimum Gasteiger partial charge on any atom is -0.408 e. The van der Waals surface area contributed by atoms with Crippen LogP contribution in [0.3, 0.4) is 0 Å². The fourth-order valence-electron chi connectivity index (χ4n) is 1.25. The first kappa shape index (κ1) is 12.3. The molecule has 0 saturated heterocycles. The molecule has 5 heteroatoms. The van der Waals surface area contributed by atoms with E-state index in [0.717, 1.165) is 13.0 Å². The fraction of sp³-hybridized carbons (Fsp3) is 0.800. The second-order valence-electron chi connectivity index (χ2n) is 3.43. The summed E-state index contributed by atoms with van der Waals surface area (Å²) in [7, 11) is 0. The van der Waals surface area contributed by atoms with Crippen molar-refractivity contribution in [3.63, 3.8) is 0 Å². The standard InChI is InChI=1S/C10H18ClN3O/c1-2-3-4-5-8-12-10-14-13-9(15-10)6-7-11/h2-8H2,1H3,(H,12,14). The summed E-state index contributed by atoms with van der Waals surface area (Å²) in [6.45, 7) is 3.09. The number of aryl methyl sites for hydroxylation is 1. The number of unbranched alkanes of at least 4 members (excludes halogenated alkanes) is 3. The van der Waals surface area contributed by atoms with E-state index >= 15 is 0 Å². The Labute approximate surface area is 95.4 Å². The lowest BCUT2D eigenvalue weighted by Crippen LogP contribution is -2.01. The molecule has 1 aromatic heterocycles. The van der Waals surface area contributed by atoms with Gasteiger partial charge in [-0.05, 0) is 6.42 Å². The highest BCUT2D eigenvalue weighted by Gasteiger charge is 2.03. The number of nitrogens with zero attached hydrogens (tertiary/aromatic N) is 2. The molecule has 0 aliphatic carbocycles. The summed E-state index contributed by atoms with van der Waals surface area (Å²) >= 11 is 5.56. The highest BCUT2D eigenvalue weighted by Crippen LogP contribution is 2.07. The SMILES string of the molecule is CCCCCCNc1nnc(CCCl)o1. The summed E-state index contributed by atoms with van der Waals surface area (Å²) in [5.41, 5.74) is 0. The van der Waals surface area contributed by atoms with Crippen LogP contribution in [0.15, 0.2) is 4.42 Å². The van der Waals surface area contributed by atoms with Crippen molar-refractivity contribution in [2.75, 3.05) is 17.7 Å². The third kappa shape index (κ3) is 5.02. The number of hydrogen-bond donors (Lipinski definition) is 1. The molecular weight excluding hydrogens is 214 g/mol. The van der Waals surface area contributed by atoms with Gasteiger partial charge in [0.15, 0.2) is 0 Å². The van der Waals surface area contributed by atoms with Gasteiger partial charge in [-0.15, -0.1) is 16.7 Å². The van der Waals surface area contributed by atoms with E-state index in [0.29, 0.717) is 24.2 Å². The summed E-state index contributed by atoms with van der Waals surface area (Å²) in [5, 5.41) is 10.8. The molecule has 15 heavy (non-hydrogen) atoms. The lowest BCUT2D eigenvalue weighted by atomic mass is 10.2. The Morgan fingerprint density at radius 2 is 2.13 bits per heavy atom. The molecule has 0 aliphatic rings. The van der Waals surface area contributed by atoms with Crippen molar-refractivity contribution in [2.45, 2.75) is 39.0 Å². The summed E-state index contributed by atoms with van der Waals surface area (Å²) in [4.78, 5) is 0. The van der Waals surface area contributed by atoms with Gasteiger partial charge in [0.1, 0.15) is 0 Å². The van der Waals surface area contributed by atoms with Crippen molar-refractivity contribution < 1.29 is 4.42 Å². The highest BCUT2D eigenvalue weighted by molar-refractivity contribution is 6.17. The first-order valence-corrected chi connectivity index (χ1v) is 6.02. The molecular formula is C10H18ClN3O. The van der Waals surface area contributed by atoms with Crippen molar-refractivity contribution in [1.82, 2.24) is 10.2 Å². The van der Waals surface area contributed by atoms with Crippen molar-refractivity contribution in [1.29, 1.82) is 0 Å². The van der Waals surface area contributed by atoms with Crippen molar-refractivity contribution in [3.05, 3.63) is 5.89 Å². The van der Waals surface area contributed by atoms with Gasteiger partial charge >= 0.3 is 6.01 Å². The smallest absolute Gasteiger partial charge is 0.315 e. The van der Waals surface area contributed by atoms with Crippen LogP contribution in [0, 0.1) is 0 Å². The number of nitrogens with one attached hydrogen (secondary N) is 1. The fourth-order valence-corrected chi connectivity index (χ4v) is 1.42. The number of aromatic nitrogens is 2. The predicted molar refractivity (Wildman–Crippen MR) is 61.4 cm³/mol. The summed E-state index contributed by atoms with van der Waals surface area (Å²) in [6, 6.07) is 0.506. The van der Waals surface area contributed by atoms with Crippen LogP contribution < -0.4 is 5.32 Å². The maximum atomic E-state index is 5.56. The Morgan fingerprint density at radius 3 is 2.87 bits per heavy atom. The van der Waals surface area contributed by atoms with E-state index in [1.165, 1.54) is 19.3 Å². The van der Waals surface area contributed by atoms with Gasteiger partial charge in [0.05, 0.1) is 0 Å². The zero-order valence-electron chi connectivity index (χ0n) is 9.13. The number of halogens is 1. The Balaban J connectivity index is 2.14. The van der Waals surface area contributed by atoms with E-state index in [2.05, 4.69) is 22.4 Å². The number of rotatable bonds is 8. The quantitative estimate of drug-likeness (QED) is 0.552. The Hall–Kier alpha value is -0.770. The summed E-state index contributed by atoms with van der Waals surface area (Å²) < 4.78 is 5.31. The van der Waals surface area contributed by atoms with Gasteiger partial charge < -0.3 is 9.73 Å². The highest BCUT2D eigenvalue weighted by atomic mass is 35.5. The van der Waals surface area contributed by atoms with Gasteiger partial charge in [-0.2, -0.15) is 0 Å². The van der Waals surface area contributed by atoms with E-state index in [-0.39, 0.29) is 0 Å². The minimum absolute atomic E-state index is 0.506. The van der Waals surface area contributed by atoms with Gasteiger partial charge in [-0.25, -0.2) is 0 Å². The molecule has 1 heterocycles. The van der Waals surface area contributed by atoms with Crippen LogP contribution in [-0.4, -0.2) is 22.6 Å². The second kappa shape index (κ2) is 7.51.